The van der Waals surface area contributed by atoms with Crippen LogP contribution >= 0.6 is 35.0 Å². The van der Waals surface area contributed by atoms with Crippen molar-refractivity contribution in [3.8, 4) is 6.07 Å². The van der Waals surface area contributed by atoms with Crippen LogP contribution < -0.4 is 10.6 Å². The van der Waals surface area contributed by atoms with Crippen molar-refractivity contribution in [2.75, 3.05) is 11.1 Å². The number of halogens is 2. The smallest absolute Gasteiger partial charge is 0.234 e. The van der Waals surface area contributed by atoms with Crippen molar-refractivity contribution in [2.24, 2.45) is 0 Å². The second-order valence-corrected chi connectivity index (χ2v) is 9.79. The molecule has 5 nitrogen and oxygen atoms in total. The molecular formula is C25H21Cl2N3O2S. The molecule has 0 aromatic heterocycles. The molecular weight excluding hydrogens is 477 g/mol. The Hall–Kier alpha value is -2.72. The predicted octanol–water partition coefficient (Wildman–Crippen LogP) is 6.10. The number of allylic oxidation sites excluding steroid dienone is 3. The molecule has 0 bridgehead atoms. The Morgan fingerprint density at radius 2 is 1.91 bits per heavy atom. The van der Waals surface area contributed by atoms with Gasteiger partial charge in [0.15, 0.2) is 5.78 Å². The number of aryl methyl sites for hydroxylation is 1. The van der Waals surface area contributed by atoms with Crippen molar-refractivity contribution in [1.29, 1.82) is 5.26 Å². The fourth-order valence-corrected chi connectivity index (χ4v) is 5.24. The number of benzene rings is 2. The molecule has 0 unspecified atom stereocenters. The summed E-state index contributed by atoms with van der Waals surface area (Å²) in [6, 6.07) is 14.8. The number of anilines is 1. The van der Waals surface area contributed by atoms with Crippen molar-refractivity contribution in [3.63, 3.8) is 0 Å². The number of nitriles is 1. The molecule has 0 saturated carbocycles. The van der Waals surface area contributed by atoms with Crippen LogP contribution in [0.2, 0.25) is 10.0 Å². The van der Waals surface area contributed by atoms with Gasteiger partial charge in [-0.2, -0.15) is 5.26 Å². The third-order valence-corrected chi connectivity index (χ3v) is 7.19. The summed E-state index contributed by atoms with van der Waals surface area (Å²) in [7, 11) is 0. The highest BCUT2D eigenvalue weighted by molar-refractivity contribution is 8.03. The van der Waals surface area contributed by atoms with Gasteiger partial charge in [0.25, 0.3) is 0 Å². The lowest BCUT2D eigenvalue weighted by atomic mass is 9.77. The maximum absolute atomic E-state index is 12.8. The summed E-state index contributed by atoms with van der Waals surface area (Å²) in [6.07, 6.45) is 1.95. The number of carbonyl (C=O) groups is 2. The fraction of sp³-hybridized carbons (Fsp3) is 0.240. The van der Waals surface area contributed by atoms with E-state index in [1.54, 1.807) is 24.3 Å². The van der Waals surface area contributed by atoms with Crippen molar-refractivity contribution in [2.45, 2.75) is 32.1 Å². The van der Waals surface area contributed by atoms with Gasteiger partial charge in [-0.05, 0) is 55.2 Å². The number of ketones is 1. The summed E-state index contributed by atoms with van der Waals surface area (Å²) in [4.78, 5) is 25.5. The predicted molar refractivity (Wildman–Crippen MR) is 133 cm³/mol. The number of carbonyl (C=O) groups excluding carboxylic acids is 2. The molecule has 2 aromatic rings. The van der Waals surface area contributed by atoms with Gasteiger partial charge in [0, 0.05) is 33.4 Å². The molecule has 1 aliphatic carbocycles. The molecule has 0 saturated heterocycles. The van der Waals surface area contributed by atoms with Crippen LogP contribution in [0.4, 0.5) is 5.69 Å². The zero-order chi connectivity index (χ0) is 23.5. The van der Waals surface area contributed by atoms with E-state index < -0.39 is 5.92 Å². The molecule has 33 heavy (non-hydrogen) atoms. The lowest BCUT2D eigenvalue weighted by molar-refractivity contribution is -0.116. The van der Waals surface area contributed by atoms with Crippen LogP contribution in [0.3, 0.4) is 0 Å². The zero-order valence-electron chi connectivity index (χ0n) is 17.9. The summed E-state index contributed by atoms with van der Waals surface area (Å²) in [5.74, 6) is -0.533. The highest BCUT2D eigenvalue weighted by atomic mass is 35.5. The molecule has 1 atom stereocenters. The fourth-order valence-electron chi connectivity index (χ4n) is 4.08. The molecule has 168 valence electrons. The molecule has 2 aliphatic rings. The van der Waals surface area contributed by atoms with Gasteiger partial charge < -0.3 is 10.6 Å². The van der Waals surface area contributed by atoms with E-state index in [-0.39, 0.29) is 17.4 Å². The first-order valence-electron chi connectivity index (χ1n) is 10.5. The summed E-state index contributed by atoms with van der Waals surface area (Å²) in [6.45, 7) is 1.89. The van der Waals surface area contributed by atoms with E-state index in [2.05, 4.69) is 16.7 Å². The van der Waals surface area contributed by atoms with Crippen molar-refractivity contribution < 1.29 is 9.59 Å². The van der Waals surface area contributed by atoms with Crippen LogP contribution in [-0.2, 0) is 9.59 Å². The molecule has 8 heteroatoms. The van der Waals surface area contributed by atoms with Crippen LogP contribution in [-0.4, -0.2) is 17.4 Å². The van der Waals surface area contributed by atoms with Crippen LogP contribution in [0.5, 0.6) is 0 Å². The van der Waals surface area contributed by atoms with E-state index in [9.17, 15) is 14.9 Å². The van der Waals surface area contributed by atoms with Gasteiger partial charge >= 0.3 is 0 Å². The number of rotatable bonds is 5. The number of thioether (sulfide) groups is 1. The Morgan fingerprint density at radius 1 is 1.18 bits per heavy atom. The van der Waals surface area contributed by atoms with Gasteiger partial charge in [-0.25, -0.2) is 0 Å². The molecule has 4 rings (SSSR count). The first-order valence-corrected chi connectivity index (χ1v) is 12.2. The SMILES string of the molecule is Cc1ccc(Cl)cc1NC(=O)CSC1=C(C#N)[C@@H](c2ccc(Cl)cc2)C2=C(CCCC2=O)N1. The number of hydrogen-bond donors (Lipinski definition) is 2. The average molecular weight is 498 g/mol. The Morgan fingerprint density at radius 3 is 2.64 bits per heavy atom. The first kappa shape index (κ1) is 23.4. The Kier molecular flexibility index (Phi) is 7.14. The Labute approximate surface area is 206 Å². The molecule has 0 radical (unpaired) electrons. The summed E-state index contributed by atoms with van der Waals surface area (Å²) in [5, 5.41) is 17.9. The first-order chi connectivity index (χ1) is 15.9. The molecule has 0 spiro atoms. The maximum atomic E-state index is 12.8. The number of Topliss-reactive ketones (excluding diaryl/α,β-unsaturated/α-hetero) is 1. The lowest BCUT2D eigenvalue weighted by Crippen LogP contribution is -2.31. The summed E-state index contributed by atoms with van der Waals surface area (Å²) >= 11 is 13.4. The number of hydrogen-bond acceptors (Lipinski definition) is 5. The maximum Gasteiger partial charge on any atom is 0.234 e. The molecule has 0 fully saturated rings. The largest absolute Gasteiger partial charge is 0.352 e. The zero-order valence-corrected chi connectivity index (χ0v) is 20.2. The normalized spacial score (nSPS) is 17.9. The number of nitrogens with zero attached hydrogens (tertiary/aromatic N) is 1. The number of amides is 1. The minimum Gasteiger partial charge on any atom is -0.352 e. The van der Waals surface area contributed by atoms with Crippen LogP contribution in [0, 0.1) is 18.3 Å². The highest BCUT2D eigenvalue weighted by Crippen LogP contribution is 2.44. The van der Waals surface area contributed by atoms with E-state index in [1.807, 2.05) is 25.1 Å². The quantitative estimate of drug-likeness (QED) is 0.521. The van der Waals surface area contributed by atoms with Gasteiger partial charge in [-0.3, -0.25) is 9.59 Å². The van der Waals surface area contributed by atoms with Crippen molar-refractivity contribution in [3.05, 3.63) is 85.5 Å². The van der Waals surface area contributed by atoms with Crippen LogP contribution in [0.1, 0.15) is 36.3 Å². The van der Waals surface area contributed by atoms with E-state index >= 15 is 0 Å². The summed E-state index contributed by atoms with van der Waals surface area (Å²) in [5.41, 5.74) is 4.30. The van der Waals surface area contributed by atoms with Gasteiger partial charge in [0.2, 0.25) is 5.91 Å². The van der Waals surface area contributed by atoms with Gasteiger partial charge in [0.05, 0.1) is 28.3 Å². The number of dihydropyridines is 1. The van der Waals surface area contributed by atoms with E-state index in [0.29, 0.717) is 38.3 Å². The Balaban J connectivity index is 1.61. The van der Waals surface area contributed by atoms with Crippen LogP contribution in [0.15, 0.2) is 64.3 Å². The Bertz CT molecular complexity index is 1230. The van der Waals surface area contributed by atoms with Gasteiger partial charge in [-0.15, -0.1) is 0 Å². The van der Waals surface area contributed by atoms with Crippen LogP contribution in [0.25, 0.3) is 0 Å². The molecule has 1 amide bonds. The molecule has 2 aromatic carbocycles. The summed E-state index contributed by atoms with van der Waals surface area (Å²) < 4.78 is 0. The highest BCUT2D eigenvalue weighted by Gasteiger charge is 2.37. The standard InChI is InChI=1S/C25H21Cl2N3O2S/c1-14-5-8-17(27)11-20(14)29-22(32)13-33-25-18(12-28)23(15-6-9-16(26)10-7-15)24-19(30-25)3-2-4-21(24)31/h5-11,23,30H,2-4,13H2,1H3,(H,29,32)/t23-/m1/s1. The van der Waals surface area contributed by atoms with E-state index in [1.165, 1.54) is 11.8 Å². The second kappa shape index (κ2) is 10.0. The van der Waals surface area contributed by atoms with Gasteiger partial charge in [-0.1, -0.05) is 53.2 Å². The minimum absolute atomic E-state index is 0.0506. The van der Waals surface area contributed by atoms with Crippen molar-refractivity contribution >= 4 is 52.3 Å². The van der Waals surface area contributed by atoms with Crippen molar-refractivity contribution in [1.82, 2.24) is 5.32 Å². The van der Waals surface area contributed by atoms with E-state index in [0.717, 1.165) is 29.7 Å². The second-order valence-electron chi connectivity index (χ2n) is 7.93. The van der Waals surface area contributed by atoms with Gasteiger partial charge in [0.1, 0.15) is 0 Å². The monoisotopic (exact) mass is 497 g/mol. The minimum atomic E-state index is -0.475. The van der Waals surface area contributed by atoms with E-state index in [4.69, 9.17) is 23.2 Å². The third-order valence-electron chi connectivity index (χ3n) is 5.69. The number of nitrogens with one attached hydrogen (secondary N) is 2. The molecule has 2 N–H and O–H groups in total. The lowest BCUT2D eigenvalue weighted by Gasteiger charge is -2.33. The average Bonchev–Trinajstić information content (AvgIpc) is 2.80. The third kappa shape index (κ3) is 5.11. The topological polar surface area (TPSA) is 82.0 Å². The molecule has 1 heterocycles. The molecule has 1 aliphatic heterocycles.